The summed E-state index contributed by atoms with van der Waals surface area (Å²) in [7, 11) is 1.64. The van der Waals surface area contributed by atoms with Crippen molar-refractivity contribution in [1.82, 2.24) is 10.2 Å². The number of nitrogens with zero attached hydrogens (tertiary/aromatic N) is 5. The van der Waals surface area contributed by atoms with Crippen molar-refractivity contribution in [3.05, 3.63) is 34.7 Å². The third kappa shape index (κ3) is 3.84. The Labute approximate surface area is 120 Å². The molecule has 0 saturated carbocycles. The van der Waals surface area contributed by atoms with Crippen LogP contribution in [0, 0.1) is 0 Å². The number of hydrogen-bond donors (Lipinski definition) is 1. The largest absolute Gasteiger partial charge is 0.497 e. The molecule has 0 saturated heterocycles. The topological polar surface area (TPSA) is 95.8 Å². The molecule has 1 aromatic heterocycles. The smallest absolute Gasteiger partial charge is 0.206 e. The lowest BCUT2D eigenvalue weighted by molar-refractivity contribution is 0.415. The van der Waals surface area contributed by atoms with Crippen molar-refractivity contribution in [2.75, 3.05) is 25.5 Å². The highest BCUT2D eigenvalue weighted by Crippen LogP contribution is 2.27. The van der Waals surface area contributed by atoms with Gasteiger partial charge in [-0.3, -0.25) is 0 Å². The summed E-state index contributed by atoms with van der Waals surface area (Å²) in [4.78, 5) is 2.70. The van der Waals surface area contributed by atoms with E-state index in [1.807, 2.05) is 24.3 Å². The number of nitrogens with one attached hydrogen (secondary N) is 1. The number of ether oxygens (including phenoxy) is 1. The maximum atomic E-state index is 8.16. The van der Waals surface area contributed by atoms with Gasteiger partial charge in [-0.05, 0) is 36.2 Å². The predicted molar refractivity (Wildman–Crippen MR) is 79.0 cm³/mol. The predicted octanol–water partition coefficient (Wildman–Crippen LogP) is 3.33. The quantitative estimate of drug-likeness (QED) is 0.366. The van der Waals surface area contributed by atoms with Crippen molar-refractivity contribution < 1.29 is 4.74 Å². The van der Waals surface area contributed by atoms with Crippen LogP contribution in [0.2, 0.25) is 0 Å². The molecule has 0 atom stereocenters. The standard InChI is InChI=1S/C12H14N6OS/c1-19-10-5-3-9(4-6-10)11-16-17-12(20-11)14-7-2-8-15-18-13/h3-6H,2,7-8H2,1H3,(H,14,17). The molecule has 0 bridgehead atoms. The summed E-state index contributed by atoms with van der Waals surface area (Å²) in [5.41, 5.74) is 9.16. The average molecular weight is 290 g/mol. The zero-order valence-electron chi connectivity index (χ0n) is 11.0. The highest BCUT2D eigenvalue weighted by atomic mass is 32.1. The van der Waals surface area contributed by atoms with Crippen molar-refractivity contribution in [3.8, 4) is 16.3 Å². The number of rotatable bonds is 7. The van der Waals surface area contributed by atoms with Crippen LogP contribution in [0.1, 0.15) is 6.42 Å². The minimum absolute atomic E-state index is 0.480. The van der Waals surface area contributed by atoms with Gasteiger partial charge in [0, 0.05) is 23.6 Å². The molecule has 0 spiro atoms. The first-order chi connectivity index (χ1) is 9.83. The first-order valence-electron chi connectivity index (χ1n) is 6.06. The van der Waals surface area contributed by atoms with Crippen molar-refractivity contribution in [2.45, 2.75) is 6.42 Å². The van der Waals surface area contributed by atoms with E-state index in [4.69, 9.17) is 10.3 Å². The second kappa shape index (κ2) is 7.32. The summed E-state index contributed by atoms with van der Waals surface area (Å²) in [5, 5.41) is 16.5. The molecule has 8 heteroatoms. The molecule has 0 aliphatic carbocycles. The van der Waals surface area contributed by atoms with E-state index < -0.39 is 0 Å². The van der Waals surface area contributed by atoms with E-state index >= 15 is 0 Å². The number of anilines is 1. The second-order valence-electron chi connectivity index (χ2n) is 3.88. The molecule has 1 N–H and O–H groups in total. The van der Waals surface area contributed by atoms with Gasteiger partial charge in [-0.2, -0.15) is 0 Å². The fourth-order valence-corrected chi connectivity index (χ4v) is 2.31. The lowest BCUT2D eigenvalue weighted by atomic mass is 10.2. The Morgan fingerprint density at radius 3 is 2.85 bits per heavy atom. The molecule has 7 nitrogen and oxygen atoms in total. The molecule has 0 aliphatic heterocycles. The lowest BCUT2D eigenvalue weighted by Crippen LogP contribution is -2.02. The van der Waals surface area contributed by atoms with E-state index in [0.717, 1.165) is 27.9 Å². The minimum atomic E-state index is 0.480. The molecule has 2 aromatic rings. The van der Waals surface area contributed by atoms with Gasteiger partial charge in [0.15, 0.2) is 0 Å². The molecule has 1 aromatic carbocycles. The third-order valence-corrected chi connectivity index (χ3v) is 3.47. The molecule has 0 amide bonds. The fourth-order valence-electron chi connectivity index (χ4n) is 1.53. The molecule has 0 radical (unpaired) electrons. The summed E-state index contributed by atoms with van der Waals surface area (Å²) >= 11 is 1.49. The van der Waals surface area contributed by atoms with E-state index in [2.05, 4.69) is 25.5 Å². The van der Waals surface area contributed by atoms with Crippen LogP contribution in [-0.4, -0.2) is 30.4 Å². The van der Waals surface area contributed by atoms with E-state index in [1.165, 1.54) is 11.3 Å². The van der Waals surface area contributed by atoms with E-state index in [-0.39, 0.29) is 0 Å². The fraction of sp³-hybridized carbons (Fsp3) is 0.333. The number of benzene rings is 1. The summed E-state index contributed by atoms with van der Waals surface area (Å²) in [6, 6.07) is 7.68. The zero-order valence-corrected chi connectivity index (χ0v) is 11.8. The van der Waals surface area contributed by atoms with Gasteiger partial charge in [0.1, 0.15) is 10.8 Å². The first-order valence-corrected chi connectivity index (χ1v) is 6.88. The van der Waals surface area contributed by atoms with Crippen molar-refractivity contribution in [2.24, 2.45) is 5.11 Å². The maximum Gasteiger partial charge on any atom is 0.206 e. The second-order valence-corrected chi connectivity index (χ2v) is 4.85. The summed E-state index contributed by atoms with van der Waals surface area (Å²) in [5.74, 6) is 0.815. The molecular formula is C12H14N6OS. The molecule has 104 valence electrons. The van der Waals surface area contributed by atoms with E-state index in [1.54, 1.807) is 7.11 Å². The Morgan fingerprint density at radius 1 is 1.35 bits per heavy atom. The minimum Gasteiger partial charge on any atom is -0.497 e. The SMILES string of the molecule is COc1ccc(-c2nnc(NCCCN=[N+]=[N-])s2)cc1. The van der Waals surface area contributed by atoms with Crippen LogP contribution in [-0.2, 0) is 0 Å². The number of azide groups is 1. The Kier molecular flexibility index (Phi) is 5.16. The van der Waals surface area contributed by atoms with Gasteiger partial charge in [0.2, 0.25) is 5.13 Å². The van der Waals surface area contributed by atoms with E-state index in [9.17, 15) is 0 Å². The van der Waals surface area contributed by atoms with Crippen molar-refractivity contribution in [1.29, 1.82) is 0 Å². The van der Waals surface area contributed by atoms with E-state index in [0.29, 0.717) is 13.1 Å². The van der Waals surface area contributed by atoms with Gasteiger partial charge < -0.3 is 10.1 Å². The van der Waals surface area contributed by atoms with Crippen molar-refractivity contribution >= 4 is 16.5 Å². The van der Waals surface area contributed by atoms with Crippen LogP contribution in [0.25, 0.3) is 21.0 Å². The molecule has 20 heavy (non-hydrogen) atoms. The van der Waals surface area contributed by atoms with Crippen molar-refractivity contribution in [3.63, 3.8) is 0 Å². The normalized spacial score (nSPS) is 9.85. The molecular weight excluding hydrogens is 276 g/mol. The zero-order chi connectivity index (χ0) is 14.2. The van der Waals surface area contributed by atoms with Gasteiger partial charge in [-0.25, -0.2) is 0 Å². The highest BCUT2D eigenvalue weighted by molar-refractivity contribution is 7.18. The maximum absolute atomic E-state index is 8.16. The van der Waals surface area contributed by atoms with Gasteiger partial charge in [-0.1, -0.05) is 16.5 Å². The third-order valence-electron chi connectivity index (χ3n) is 2.54. The average Bonchev–Trinajstić information content (AvgIpc) is 2.96. The van der Waals surface area contributed by atoms with Crippen LogP contribution in [0.15, 0.2) is 29.4 Å². The number of aromatic nitrogens is 2. The highest BCUT2D eigenvalue weighted by Gasteiger charge is 2.06. The summed E-state index contributed by atoms with van der Waals surface area (Å²) in [6.07, 6.45) is 0.765. The summed E-state index contributed by atoms with van der Waals surface area (Å²) < 4.78 is 5.12. The Hall–Kier alpha value is -2.31. The van der Waals surface area contributed by atoms with Crippen LogP contribution in [0.4, 0.5) is 5.13 Å². The lowest BCUT2D eigenvalue weighted by Gasteiger charge is -2.00. The molecule has 0 unspecified atom stereocenters. The summed E-state index contributed by atoms with van der Waals surface area (Å²) in [6.45, 7) is 1.18. The molecule has 1 heterocycles. The first kappa shape index (κ1) is 14.1. The molecule has 0 aliphatic rings. The Balaban J connectivity index is 1.92. The Morgan fingerprint density at radius 2 is 2.15 bits per heavy atom. The van der Waals surface area contributed by atoms with Gasteiger partial charge in [0.25, 0.3) is 0 Å². The van der Waals surface area contributed by atoms with Gasteiger partial charge in [0.05, 0.1) is 7.11 Å². The monoisotopic (exact) mass is 290 g/mol. The number of hydrogen-bond acceptors (Lipinski definition) is 6. The van der Waals surface area contributed by atoms with Crippen LogP contribution >= 0.6 is 11.3 Å². The van der Waals surface area contributed by atoms with Crippen LogP contribution in [0.3, 0.4) is 0 Å². The van der Waals surface area contributed by atoms with Gasteiger partial charge in [-0.15, -0.1) is 10.2 Å². The molecule has 2 rings (SSSR count). The van der Waals surface area contributed by atoms with Gasteiger partial charge >= 0.3 is 0 Å². The van der Waals surface area contributed by atoms with Crippen LogP contribution in [0.5, 0.6) is 5.75 Å². The Bertz CT molecular complexity index is 590. The van der Waals surface area contributed by atoms with Crippen LogP contribution < -0.4 is 10.1 Å². The number of methoxy groups -OCH3 is 1. The molecule has 0 fully saturated rings.